The second kappa shape index (κ2) is 5.17. The van der Waals surface area contributed by atoms with E-state index >= 15 is 0 Å². The van der Waals surface area contributed by atoms with Gasteiger partial charge in [0.1, 0.15) is 11.6 Å². The smallest absolute Gasteiger partial charge is 0.137 e. The van der Waals surface area contributed by atoms with E-state index in [1.807, 2.05) is 6.92 Å². The third kappa shape index (κ3) is 3.28. The highest BCUT2D eigenvalue weighted by Crippen LogP contribution is 2.31. The van der Waals surface area contributed by atoms with Gasteiger partial charge in [-0.25, -0.2) is 4.39 Å². The molecular formula is C13H15BrFNO. The van der Waals surface area contributed by atoms with E-state index in [1.165, 1.54) is 6.07 Å². The highest BCUT2D eigenvalue weighted by Gasteiger charge is 2.28. The van der Waals surface area contributed by atoms with Gasteiger partial charge in [-0.15, -0.1) is 0 Å². The normalized spacial score (nSPS) is 14.8. The topological polar surface area (TPSA) is 29.1 Å². The lowest BCUT2D eigenvalue weighted by atomic mass is 10.1. The van der Waals surface area contributed by atoms with Crippen molar-refractivity contribution in [2.45, 2.75) is 26.2 Å². The van der Waals surface area contributed by atoms with Crippen molar-refractivity contribution in [3.63, 3.8) is 0 Å². The standard InChI is InChI=1S/C13H15BrFNO/c1-8-6-11(15)10(14)7-12(8)16-5-4-13(17)9-2-3-9/h6-7,9,16H,2-5H2,1H3. The minimum Gasteiger partial charge on any atom is -0.384 e. The summed E-state index contributed by atoms with van der Waals surface area (Å²) in [4.78, 5) is 11.5. The first-order valence-corrected chi connectivity index (χ1v) is 6.59. The maximum atomic E-state index is 13.2. The van der Waals surface area contributed by atoms with Gasteiger partial charge in [0, 0.05) is 24.6 Å². The molecule has 1 aromatic rings. The fourth-order valence-corrected chi connectivity index (χ4v) is 2.11. The summed E-state index contributed by atoms with van der Waals surface area (Å²) in [7, 11) is 0. The minimum absolute atomic E-state index is 0.262. The molecule has 0 aliphatic heterocycles. The zero-order chi connectivity index (χ0) is 12.4. The molecule has 0 amide bonds. The Morgan fingerprint density at radius 3 is 2.88 bits per heavy atom. The van der Waals surface area contributed by atoms with Gasteiger partial charge in [0.2, 0.25) is 0 Å². The van der Waals surface area contributed by atoms with E-state index in [1.54, 1.807) is 6.07 Å². The Morgan fingerprint density at radius 1 is 1.53 bits per heavy atom. The Labute approximate surface area is 109 Å². The van der Waals surface area contributed by atoms with Crippen LogP contribution in [0, 0.1) is 18.7 Å². The lowest BCUT2D eigenvalue weighted by Gasteiger charge is -2.10. The van der Waals surface area contributed by atoms with Crippen LogP contribution in [-0.2, 0) is 4.79 Å². The number of hydrogen-bond acceptors (Lipinski definition) is 2. The molecule has 1 aromatic carbocycles. The Hall–Kier alpha value is -0.900. The van der Waals surface area contributed by atoms with Crippen LogP contribution in [0.4, 0.5) is 10.1 Å². The van der Waals surface area contributed by atoms with Crippen LogP contribution in [-0.4, -0.2) is 12.3 Å². The van der Waals surface area contributed by atoms with Crippen LogP contribution in [0.15, 0.2) is 16.6 Å². The average Bonchev–Trinajstić information content (AvgIpc) is 3.09. The van der Waals surface area contributed by atoms with Gasteiger partial charge in [-0.2, -0.15) is 0 Å². The molecule has 0 heterocycles. The second-order valence-corrected chi connectivity index (χ2v) is 5.35. The van der Waals surface area contributed by atoms with Gasteiger partial charge < -0.3 is 5.32 Å². The number of aryl methyl sites for hydroxylation is 1. The van der Waals surface area contributed by atoms with Gasteiger partial charge in [0.05, 0.1) is 4.47 Å². The van der Waals surface area contributed by atoms with Gasteiger partial charge in [0.15, 0.2) is 0 Å². The van der Waals surface area contributed by atoms with Crippen LogP contribution < -0.4 is 5.32 Å². The van der Waals surface area contributed by atoms with E-state index in [0.717, 1.165) is 24.1 Å². The summed E-state index contributed by atoms with van der Waals surface area (Å²) in [6.07, 6.45) is 2.67. The molecule has 0 spiro atoms. The number of nitrogens with one attached hydrogen (secondary N) is 1. The summed E-state index contributed by atoms with van der Waals surface area (Å²) in [6, 6.07) is 3.20. The number of benzene rings is 1. The van der Waals surface area contributed by atoms with Crippen LogP contribution in [0.2, 0.25) is 0 Å². The number of carbonyl (C=O) groups is 1. The molecule has 1 N–H and O–H groups in total. The zero-order valence-electron chi connectivity index (χ0n) is 9.72. The highest BCUT2D eigenvalue weighted by atomic mass is 79.9. The number of carbonyl (C=O) groups excluding carboxylic acids is 1. The highest BCUT2D eigenvalue weighted by molar-refractivity contribution is 9.10. The van der Waals surface area contributed by atoms with Crippen LogP contribution in [0.1, 0.15) is 24.8 Å². The van der Waals surface area contributed by atoms with Crippen molar-refractivity contribution < 1.29 is 9.18 Å². The molecule has 2 nitrogen and oxygen atoms in total. The van der Waals surface area contributed by atoms with Crippen molar-refractivity contribution in [2.75, 3.05) is 11.9 Å². The third-order valence-corrected chi connectivity index (χ3v) is 3.59. The van der Waals surface area contributed by atoms with Gasteiger partial charge in [-0.3, -0.25) is 4.79 Å². The summed E-state index contributed by atoms with van der Waals surface area (Å²) >= 11 is 3.15. The maximum absolute atomic E-state index is 13.2. The molecule has 92 valence electrons. The summed E-state index contributed by atoms with van der Waals surface area (Å²) in [5.41, 5.74) is 1.73. The maximum Gasteiger partial charge on any atom is 0.137 e. The number of anilines is 1. The summed E-state index contributed by atoms with van der Waals surface area (Å²) in [5.74, 6) is 0.399. The van der Waals surface area contributed by atoms with Gasteiger partial charge in [0.25, 0.3) is 0 Å². The Balaban J connectivity index is 1.89. The van der Waals surface area contributed by atoms with Crippen LogP contribution in [0.5, 0.6) is 0 Å². The first-order valence-electron chi connectivity index (χ1n) is 5.80. The molecule has 2 rings (SSSR count). The largest absolute Gasteiger partial charge is 0.384 e. The van der Waals surface area contributed by atoms with E-state index < -0.39 is 0 Å². The summed E-state index contributed by atoms with van der Waals surface area (Å²) in [6.45, 7) is 2.47. The number of halogens is 2. The van der Waals surface area contributed by atoms with Crippen molar-refractivity contribution in [3.05, 3.63) is 28.0 Å². The van der Waals surface area contributed by atoms with E-state index in [-0.39, 0.29) is 5.82 Å². The van der Waals surface area contributed by atoms with Crippen molar-refractivity contribution in [1.29, 1.82) is 0 Å². The summed E-state index contributed by atoms with van der Waals surface area (Å²) in [5, 5.41) is 3.18. The van der Waals surface area contributed by atoms with Crippen molar-refractivity contribution >= 4 is 27.4 Å². The van der Waals surface area contributed by atoms with Gasteiger partial charge >= 0.3 is 0 Å². The molecule has 0 unspecified atom stereocenters. The number of hydrogen-bond donors (Lipinski definition) is 1. The quantitative estimate of drug-likeness (QED) is 0.899. The Morgan fingerprint density at radius 2 is 2.24 bits per heavy atom. The predicted octanol–water partition coefficient (Wildman–Crippen LogP) is 3.68. The summed E-state index contributed by atoms with van der Waals surface area (Å²) < 4.78 is 13.6. The number of Topliss-reactive ketones (excluding diaryl/α,β-unsaturated/α-hetero) is 1. The first kappa shape index (κ1) is 12.6. The van der Waals surface area contributed by atoms with E-state index in [9.17, 15) is 9.18 Å². The van der Waals surface area contributed by atoms with Gasteiger partial charge in [-0.05, 0) is 53.4 Å². The van der Waals surface area contributed by atoms with Crippen LogP contribution in [0.3, 0.4) is 0 Å². The molecule has 1 aliphatic carbocycles. The fourth-order valence-electron chi connectivity index (χ4n) is 1.77. The van der Waals surface area contributed by atoms with Crippen LogP contribution in [0.25, 0.3) is 0 Å². The van der Waals surface area contributed by atoms with E-state index in [0.29, 0.717) is 29.1 Å². The molecule has 1 fully saturated rings. The molecule has 17 heavy (non-hydrogen) atoms. The Kier molecular flexibility index (Phi) is 3.82. The fraction of sp³-hybridized carbons (Fsp3) is 0.462. The van der Waals surface area contributed by atoms with Crippen molar-refractivity contribution in [3.8, 4) is 0 Å². The number of rotatable bonds is 5. The molecule has 0 aromatic heterocycles. The van der Waals surface area contributed by atoms with Crippen molar-refractivity contribution in [2.24, 2.45) is 5.92 Å². The molecule has 0 saturated heterocycles. The number of ketones is 1. The third-order valence-electron chi connectivity index (χ3n) is 2.99. The molecule has 0 radical (unpaired) electrons. The van der Waals surface area contributed by atoms with E-state index in [4.69, 9.17) is 0 Å². The predicted molar refractivity (Wildman–Crippen MR) is 69.7 cm³/mol. The Bertz CT molecular complexity index is 443. The molecule has 1 aliphatic rings. The SMILES string of the molecule is Cc1cc(F)c(Br)cc1NCCC(=O)C1CC1. The molecule has 4 heteroatoms. The van der Waals surface area contributed by atoms with Crippen molar-refractivity contribution in [1.82, 2.24) is 0 Å². The first-order chi connectivity index (χ1) is 8.08. The molecule has 0 atom stereocenters. The zero-order valence-corrected chi connectivity index (χ0v) is 11.3. The lowest BCUT2D eigenvalue weighted by molar-refractivity contribution is -0.119. The molecule has 0 bridgehead atoms. The van der Waals surface area contributed by atoms with Gasteiger partial charge in [-0.1, -0.05) is 0 Å². The monoisotopic (exact) mass is 299 g/mol. The average molecular weight is 300 g/mol. The molecular weight excluding hydrogens is 285 g/mol. The molecule has 1 saturated carbocycles. The lowest BCUT2D eigenvalue weighted by Crippen LogP contribution is -2.10. The minimum atomic E-state index is -0.262. The van der Waals surface area contributed by atoms with E-state index in [2.05, 4.69) is 21.2 Å². The van der Waals surface area contributed by atoms with Crippen LogP contribution >= 0.6 is 15.9 Å². The second-order valence-electron chi connectivity index (χ2n) is 4.50.